The SMILES string of the molecule is N#Cc1cnc(NC(=O)CN2C[C@@]3(C[C@@H]3F)c3c(ccc(C4CC4)c3F)C2=O)nc1. The summed E-state index contributed by atoms with van der Waals surface area (Å²) in [4.78, 5) is 34.3. The highest BCUT2D eigenvalue weighted by molar-refractivity contribution is 6.01. The maximum absolute atomic E-state index is 15.2. The van der Waals surface area contributed by atoms with Crippen LogP contribution in [0.2, 0.25) is 0 Å². The Morgan fingerprint density at radius 1 is 1.33 bits per heavy atom. The van der Waals surface area contributed by atoms with Crippen molar-refractivity contribution in [2.45, 2.75) is 36.8 Å². The van der Waals surface area contributed by atoms with Crippen molar-refractivity contribution in [3.8, 4) is 6.07 Å². The van der Waals surface area contributed by atoms with E-state index in [0.29, 0.717) is 5.56 Å². The van der Waals surface area contributed by atoms with E-state index >= 15 is 4.39 Å². The van der Waals surface area contributed by atoms with Gasteiger partial charge in [-0.15, -0.1) is 0 Å². The van der Waals surface area contributed by atoms with Crippen LogP contribution < -0.4 is 5.32 Å². The summed E-state index contributed by atoms with van der Waals surface area (Å²) in [5.74, 6) is -1.37. The van der Waals surface area contributed by atoms with Crippen LogP contribution in [0, 0.1) is 17.1 Å². The Hall–Kier alpha value is -3.41. The summed E-state index contributed by atoms with van der Waals surface area (Å²) >= 11 is 0. The molecule has 2 amide bonds. The lowest BCUT2D eigenvalue weighted by Gasteiger charge is -2.35. The van der Waals surface area contributed by atoms with E-state index in [1.165, 1.54) is 17.3 Å². The predicted molar refractivity (Wildman–Crippen MR) is 101 cm³/mol. The first-order valence-corrected chi connectivity index (χ1v) is 9.71. The van der Waals surface area contributed by atoms with Gasteiger partial charge in [-0.3, -0.25) is 14.9 Å². The fourth-order valence-corrected chi connectivity index (χ4v) is 4.23. The van der Waals surface area contributed by atoms with Gasteiger partial charge in [-0.2, -0.15) is 5.26 Å². The average molecular weight is 409 g/mol. The van der Waals surface area contributed by atoms with Crippen molar-refractivity contribution in [2.24, 2.45) is 0 Å². The van der Waals surface area contributed by atoms with Gasteiger partial charge in [-0.05, 0) is 36.8 Å². The molecule has 1 aliphatic heterocycles. The molecule has 3 aliphatic rings. The molecule has 9 heteroatoms. The number of fused-ring (bicyclic) bond motifs is 2. The molecule has 1 aromatic heterocycles. The number of halogens is 2. The number of aromatic nitrogens is 2. The van der Waals surface area contributed by atoms with Crippen molar-refractivity contribution in [3.05, 3.63) is 52.6 Å². The number of carbonyl (C=O) groups is 2. The van der Waals surface area contributed by atoms with Crippen LogP contribution in [0.3, 0.4) is 0 Å². The summed E-state index contributed by atoms with van der Waals surface area (Å²) in [7, 11) is 0. The first-order valence-electron chi connectivity index (χ1n) is 9.71. The van der Waals surface area contributed by atoms with E-state index in [1.807, 2.05) is 6.07 Å². The summed E-state index contributed by atoms with van der Waals surface area (Å²) in [6, 6.07) is 5.05. The second kappa shape index (κ2) is 6.55. The normalized spacial score (nSPS) is 24.4. The zero-order valence-corrected chi connectivity index (χ0v) is 15.9. The largest absolute Gasteiger partial charge is 0.328 e. The molecule has 0 saturated heterocycles. The lowest BCUT2D eigenvalue weighted by molar-refractivity contribution is -0.117. The van der Waals surface area contributed by atoms with E-state index in [2.05, 4.69) is 15.3 Å². The number of carbonyl (C=O) groups excluding carboxylic acids is 2. The minimum absolute atomic E-state index is 0.00604. The molecule has 2 aromatic rings. The van der Waals surface area contributed by atoms with Crippen molar-refractivity contribution in [1.29, 1.82) is 5.26 Å². The van der Waals surface area contributed by atoms with Crippen LogP contribution >= 0.6 is 0 Å². The van der Waals surface area contributed by atoms with Crippen LogP contribution in [0.5, 0.6) is 0 Å². The average Bonchev–Trinajstić information content (AvgIpc) is 3.65. The fourth-order valence-electron chi connectivity index (χ4n) is 4.23. The highest BCUT2D eigenvalue weighted by Gasteiger charge is 2.62. The first kappa shape index (κ1) is 18.6. The number of benzene rings is 1. The van der Waals surface area contributed by atoms with E-state index in [9.17, 15) is 14.0 Å². The molecule has 2 heterocycles. The van der Waals surface area contributed by atoms with Gasteiger partial charge in [0.05, 0.1) is 23.4 Å². The number of anilines is 1. The first-order chi connectivity index (χ1) is 14.4. The van der Waals surface area contributed by atoms with E-state index in [-0.39, 0.29) is 48.1 Å². The molecule has 152 valence electrons. The number of hydrogen-bond donors (Lipinski definition) is 1. The third kappa shape index (κ3) is 2.91. The third-order valence-electron chi connectivity index (χ3n) is 6.03. The molecule has 30 heavy (non-hydrogen) atoms. The summed E-state index contributed by atoms with van der Waals surface area (Å²) in [5.41, 5.74) is 0.0307. The molecule has 1 N–H and O–H groups in total. The predicted octanol–water partition coefficient (Wildman–Crippen LogP) is 2.44. The fraction of sp³-hybridized carbons (Fsp3) is 0.381. The summed E-state index contributed by atoms with van der Waals surface area (Å²) in [6.45, 7) is -0.380. The molecule has 2 saturated carbocycles. The second-order valence-electron chi connectivity index (χ2n) is 8.11. The van der Waals surface area contributed by atoms with Gasteiger partial charge in [0, 0.05) is 17.7 Å². The molecule has 2 atom stereocenters. The number of rotatable bonds is 4. The molecule has 0 radical (unpaired) electrons. The minimum atomic E-state index is -1.25. The Balaban J connectivity index is 1.39. The van der Waals surface area contributed by atoms with Crippen molar-refractivity contribution in [1.82, 2.24) is 14.9 Å². The Labute approximate surface area is 170 Å². The maximum Gasteiger partial charge on any atom is 0.254 e. The Kier molecular flexibility index (Phi) is 4.07. The summed E-state index contributed by atoms with van der Waals surface area (Å²) in [6.07, 6.45) is 3.21. The molecule has 1 aromatic carbocycles. The van der Waals surface area contributed by atoms with Gasteiger partial charge in [0.15, 0.2) is 0 Å². The zero-order chi connectivity index (χ0) is 21.0. The number of nitrogens with one attached hydrogen (secondary N) is 1. The standard InChI is InChI=1S/C21H17F2N5O2/c22-15-5-21(15)10-28(9-16(29)27-20-25-7-11(6-24)8-26-20)19(30)14-4-3-13(12-1-2-12)18(23)17(14)21/h3-4,7-8,12,15H,1-2,5,9-10H2,(H,25,26,27,29)/t15-,21+/m0/s1. The van der Waals surface area contributed by atoms with Crippen LogP contribution in [-0.2, 0) is 10.2 Å². The molecule has 2 aliphatic carbocycles. The van der Waals surface area contributed by atoms with Gasteiger partial charge in [0.25, 0.3) is 5.91 Å². The topological polar surface area (TPSA) is 99.0 Å². The van der Waals surface area contributed by atoms with Gasteiger partial charge >= 0.3 is 0 Å². The van der Waals surface area contributed by atoms with Crippen LogP contribution in [0.15, 0.2) is 24.5 Å². The molecule has 5 rings (SSSR count). The van der Waals surface area contributed by atoms with E-state index in [4.69, 9.17) is 5.26 Å². The van der Waals surface area contributed by atoms with Gasteiger partial charge in [-0.1, -0.05) is 6.07 Å². The van der Waals surface area contributed by atoms with Crippen LogP contribution in [0.1, 0.15) is 52.2 Å². The molecular weight excluding hydrogens is 392 g/mol. The molecule has 1 spiro atoms. The number of nitriles is 1. The van der Waals surface area contributed by atoms with Crippen LogP contribution in [-0.4, -0.2) is 45.9 Å². The number of amides is 2. The second-order valence-corrected chi connectivity index (χ2v) is 8.11. The molecule has 0 unspecified atom stereocenters. The lowest BCUT2D eigenvalue weighted by atomic mass is 9.83. The number of alkyl halides is 1. The van der Waals surface area contributed by atoms with Gasteiger partial charge in [0.2, 0.25) is 11.9 Å². The van der Waals surface area contributed by atoms with Gasteiger partial charge in [-0.25, -0.2) is 18.7 Å². The molecule has 0 bridgehead atoms. The Bertz CT molecular complexity index is 1110. The molecule has 2 fully saturated rings. The molecular formula is C21H17F2N5O2. The van der Waals surface area contributed by atoms with Crippen LogP contribution in [0.4, 0.5) is 14.7 Å². The van der Waals surface area contributed by atoms with E-state index in [1.54, 1.807) is 12.1 Å². The Morgan fingerprint density at radius 3 is 2.63 bits per heavy atom. The minimum Gasteiger partial charge on any atom is -0.328 e. The maximum atomic E-state index is 15.2. The van der Waals surface area contributed by atoms with Crippen molar-refractivity contribution in [2.75, 3.05) is 18.4 Å². The van der Waals surface area contributed by atoms with Crippen molar-refractivity contribution in [3.63, 3.8) is 0 Å². The van der Waals surface area contributed by atoms with E-state index in [0.717, 1.165) is 12.8 Å². The monoisotopic (exact) mass is 409 g/mol. The van der Waals surface area contributed by atoms with Crippen molar-refractivity contribution >= 4 is 17.8 Å². The van der Waals surface area contributed by atoms with Crippen molar-refractivity contribution < 1.29 is 18.4 Å². The highest BCUT2D eigenvalue weighted by Crippen LogP contribution is 2.56. The van der Waals surface area contributed by atoms with Gasteiger partial charge < -0.3 is 4.90 Å². The smallest absolute Gasteiger partial charge is 0.254 e. The van der Waals surface area contributed by atoms with Gasteiger partial charge in [0.1, 0.15) is 24.6 Å². The number of hydrogen-bond acceptors (Lipinski definition) is 5. The highest BCUT2D eigenvalue weighted by atomic mass is 19.1. The zero-order valence-electron chi connectivity index (χ0n) is 15.9. The Morgan fingerprint density at radius 2 is 2.03 bits per heavy atom. The summed E-state index contributed by atoms with van der Waals surface area (Å²) < 4.78 is 29.7. The quantitative estimate of drug-likeness (QED) is 0.836. The van der Waals surface area contributed by atoms with E-state index < -0.39 is 29.2 Å². The molecule has 7 nitrogen and oxygen atoms in total. The van der Waals surface area contributed by atoms with Crippen LogP contribution in [0.25, 0.3) is 0 Å². The summed E-state index contributed by atoms with van der Waals surface area (Å²) in [5, 5.41) is 11.2. The third-order valence-corrected chi connectivity index (χ3v) is 6.03. The lowest BCUT2D eigenvalue weighted by Crippen LogP contribution is -2.48. The number of nitrogens with zero attached hydrogens (tertiary/aromatic N) is 4.